The molecule has 0 spiro atoms. The number of fused-ring (bicyclic) bond motifs is 1. The molecule has 2 amide bonds. The summed E-state index contributed by atoms with van der Waals surface area (Å²) in [5, 5.41) is 0. The van der Waals surface area contributed by atoms with Crippen molar-refractivity contribution < 1.29 is 22.7 Å². The summed E-state index contributed by atoms with van der Waals surface area (Å²) in [6.45, 7) is 11.2. The Morgan fingerprint density at radius 1 is 1.18 bits per heavy atom. The molecule has 3 rings (SSSR count). The molecule has 1 aliphatic heterocycles. The van der Waals surface area contributed by atoms with Gasteiger partial charge in [-0.2, -0.15) is 0 Å². The molecular formula is C24H26N4O5S. The van der Waals surface area contributed by atoms with E-state index in [0.29, 0.717) is 22.5 Å². The lowest BCUT2D eigenvalue weighted by Crippen LogP contribution is -2.52. The number of benzene rings is 1. The molecule has 0 radical (unpaired) electrons. The van der Waals surface area contributed by atoms with Crippen molar-refractivity contribution in [3.8, 4) is 5.88 Å². The van der Waals surface area contributed by atoms with Crippen molar-refractivity contribution in [2.75, 3.05) is 22.6 Å². The summed E-state index contributed by atoms with van der Waals surface area (Å²) >= 11 is 0. The molecule has 1 aromatic carbocycles. The number of carbonyl (C=O) groups excluding carboxylic acids is 2. The molecule has 0 saturated heterocycles. The van der Waals surface area contributed by atoms with Crippen molar-refractivity contribution in [2.45, 2.75) is 19.9 Å². The SMILES string of the molecule is C=C(/C=C\C(=C)c1ccc2c(c1)N(C(=O)Oc1ccccn1)CC(C)N2C(C)=O)NS(C)(=O)=O. The third-order valence-electron chi connectivity index (χ3n) is 4.98. The van der Waals surface area contributed by atoms with Gasteiger partial charge in [0, 0.05) is 31.4 Å². The maximum absolute atomic E-state index is 13.0. The van der Waals surface area contributed by atoms with E-state index in [-0.39, 0.29) is 30.1 Å². The molecule has 0 bridgehead atoms. The van der Waals surface area contributed by atoms with E-state index >= 15 is 0 Å². The first kappa shape index (κ1) is 24.7. The zero-order valence-electron chi connectivity index (χ0n) is 19.2. The smallest absolute Gasteiger partial charge is 0.391 e. The molecule has 1 N–H and O–H groups in total. The Balaban J connectivity index is 1.94. The van der Waals surface area contributed by atoms with Gasteiger partial charge in [0.1, 0.15) is 0 Å². The standard InChI is InChI=1S/C24H26N4O5S/c1-16(9-10-17(2)26-34(5,31)32)20-11-12-21-22(14-20)27(15-18(3)28(21)19(4)29)24(30)33-23-8-6-7-13-25-23/h6-14,18,26H,1-2,15H2,3-5H3/b10-9-. The average molecular weight is 483 g/mol. The molecule has 0 fully saturated rings. The largest absolute Gasteiger partial charge is 0.421 e. The number of hydrogen-bond donors (Lipinski definition) is 1. The van der Waals surface area contributed by atoms with E-state index in [9.17, 15) is 18.0 Å². The van der Waals surface area contributed by atoms with Crippen LogP contribution in [0.3, 0.4) is 0 Å². The number of carbonyl (C=O) groups is 2. The Morgan fingerprint density at radius 2 is 1.91 bits per heavy atom. The summed E-state index contributed by atoms with van der Waals surface area (Å²) in [7, 11) is -3.44. The Kier molecular flexibility index (Phi) is 7.21. The Labute approximate surface area is 199 Å². The number of nitrogens with one attached hydrogen (secondary N) is 1. The van der Waals surface area contributed by atoms with Crippen LogP contribution >= 0.6 is 0 Å². The van der Waals surface area contributed by atoms with Crippen LogP contribution in [0.1, 0.15) is 19.4 Å². The number of pyridine rings is 1. The monoisotopic (exact) mass is 482 g/mol. The van der Waals surface area contributed by atoms with Crippen LogP contribution in [0.5, 0.6) is 5.88 Å². The Hall–Kier alpha value is -3.92. The third-order valence-corrected chi connectivity index (χ3v) is 5.61. The van der Waals surface area contributed by atoms with Gasteiger partial charge in [-0.15, -0.1) is 0 Å². The van der Waals surface area contributed by atoms with Gasteiger partial charge in [-0.3, -0.25) is 14.4 Å². The molecule has 34 heavy (non-hydrogen) atoms. The minimum Gasteiger partial charge on any atom is -0.391 e. The molecule has 2 aromatic rings. The fourth-order valence-electron chi connectivity index (χ4n) is 3.60. The van der Waals surface area contributed by atoms with Gasteiger partial charge in [-0.05, 0) is 42.3 Å². The highest BCUT2D eigenvalue weighted by Gasteiger charge is 2.34. The Morgan fingerprint density at radius 3 is 2.53 bits per heavy atom. The fraction of sp³-hybridized carbons (Fsp3) is 0.208. The van der Waals surface area contributed by atoms with Crippen LogP contribution in [0.15, 0.2) is 73.6 Å². The van der Waals surface area contributed by atoms with Gasteiger partial charge >= 0.3 is 6.09 Å². The van der Waals surface area contributed by atoms with Crippen molar-refractivity contribution >= 4 is 39.0 Å². The average Bonchev–Trinajstić information content (AvgIpc) is 2.75. The summed E-state index contributed by atoms with van der Waals surface area (Å²) in [6.07, 6.45) is 5.02. The fourth-order valence-corrected chi connectivity index (χ4v) is 4.14. The van der Waals surface area contributed by atoms with E-state index in [0.717, 1.165) is 6.26 Å². The van der Waals surface area contributed by atoms with E-state index in [2.05, 4.69) is 22.9 Å². The third kappa shape index (κ3) is 5.90. The van der Waals surface area contributed by atoms with Crippen LogP contribution in [0.25, 0.3) is 5.57 Å². The molecule has 1 aromatic heterocycles. The lowest BCUT2D eigenvalue weighted by molar-refractivity contribution is -0.117. The number of nitrogens with zero attached hydrogens (tertiary/aromatic N) is 3. The van der Waals surface area contributed by atoms with Crippen molar-refractivity contribution in [3.05, 3.63) is 79.2 Å². The van der Waals surface area contributed by atoms with Gasteiger partial charge in [0.15, 0.2) is 0 Å². The van der Waals surface area contributed by atoms with Crippen LogP contribution in [-0.2, 0) is 14.8 Å². The first-order chi connectivity index (χ1) is 16.0. The van der Waals surface area contributed by atoms with Crippen molar-refractivity contribution in [2.24, 2.45) is 0 Å². The zero-order valence-corrected chi connectivity index (χ0v) is 20.0. The molecule has 2 heterocycles. The van der Waals surface area contributed by atoms with Gasteiger partial charge in [0.2, 0.25) is 21.8 Å². The van der Waals surface area contributed by atoms with Gasteiger partial charge in [-0.1, -0.05) is 31.4 Å². The molecular weight excluding hydrogens is 456 g/mol. The lowest BCUT2D eigenvalue weighted by Gasteiger charge is -2.40. The van der Waals surface area contributed by atoms with Crippen molar-refractivity contribution in [1.29, 1.82) is 0 Å². The van der Waals surface area contributed by atoms with Crippen molar-refractivity contribution in [1.82, 2.24) is 9.71 Å². The number of allylic oxidation sites excluding steroid dienone is 3. The zero-order chi connectivity index (χ0) is 25.0. The number of aromatic nitrogens is 1. The summed E-state index contributed by atoms with van der Waals surface area (Å²) in [5.74, 6) is 0.0113. The van der Waals surface area contributed by atoms with Gasteiger partial charge in [0.05, 0.1) is 23.7 Å². The van der Waals surface area contributed by atoms with Crippen LogP contribution in [0, 0.1) is 0 Å². The first-order valence-corrected chi connectivity index (χ1v) is 12.2. The Bertz CT molecular complexity index is 1270. The van der Waals surface area contributed by atoms with Gasteiger partial charge < -0.3 is 9.64 Å². The maximum Gasteiger partial charge on any atom is 0.421 e. The molecule has 10 heteroatoms. The molecule has 178 valence electrons. The number of ether oxygens (including phenoxy) is 1. The van der Waals surface area contributed by atoms with Crippen LogP contribution in [0.2, 0.25) is 0 Å². The summed E-state index contributed by atoms with van der Waals surface area (Å²) in [5.41, 5.74) is 2.43. The molecule has 9 nitrogen and oxygen atoms in total. The van der Waals surface area contributed by atoms with Crippen LogP contribution in [-0.4, -0.2) is 44.2 Å². The number of anilines is 2. The van der Waals surface area contributed by atoms with E-state index < -0.39 is 16.1 Å². The second kappa shape index (κ2) is 9.92. The number of amides is 2. The molecule has 1 aliphatic rings. The van der Waals surface area contributed by atoms with E-state index in [1.54, 1.807) is 47.4 Å². The highest BCUT2D eigenvalue weighted by molar-refractivity contribution is 7.88. The number of rotatable bonds is 6. The van der Waals surface area contributed by atoms with Crippen LogP contribution in [0.4, 0.5) is 16.2 Å². The normalized spacial score (nSPS) is 15.6. The first-order valence-electron chi connectivity index (χ1n) is 10.3. The lowest BCUT2D eigenvalue weighted by atomic mass is 10.0. The molecule has 1 unspecified atom stereocenters. The van der Waals surface area contributed by atoms with E-state index in [1.165, 1.54) is 24.1 Å². The topological polar surface area (TPSA) is 109 Å². The minimum absolute atomic E-state index is 0.152. The summed E-state index contributed by atoms with van der Waals surface area (Å²) < 4.78 is 30.4. The summed E-state index contributed by atoms with van der Waals surface area (Å²) in [6, 6.07) is 9.97. The molecule has 0 saturated carbocycles. The van der Waals surface area contributed by atoms with Crippen LogP contribution < -0.4 is 19.3 Å². The highest BCUT2D eigenvalue weighted by atomic mass is 32.2. The van der Waals surface area contributed by atoms with Gasteiger partial charge in [-0.25, -0.2) is 18.2 Å². The maximum atomic E-state index is 13.0. The number of sulfonamides is 1. The highest BCUT2D eigenvalue weighted by Crippen LogP contribution is 2.38. The predicted octanol–water partition coefficient (Wildman–Crippen LogP) is 3.47. The van der Waals surface area contributed by atoms with Crippen molar-refractivity contribution in [3.63, 3.8) is 0 Å². The predicted molar refractivity (Wildman–Crippen MR) is 132 cm³/mol. The second-order valence-corrected chi connectivity index (χ2v) is 9.59. The molecule has 0 aliphatic carbocycles. The van der Waals surface area contributed by atoms with Gasteiger partial charge in [0.25, 0.3) is 0 Å². The van der Waals surface area contributed by atoms with E-state index in [4.69, 9.17) is 4.74 Å². The summed E-state index contributed by atoms with van der Waals surface area (Å²) in [4.78, 5) is 32.5. The van der Waals surface area contributed by atoms with E-state index in [1.807, 2.05) is 6.92 Å². The quantitative estimate of drug-likeness (QED) is 0.632. The minimum atomic E-state index is -3.44. The number of hydrogen-bond acceptors (Lipinski definition) is 6. The second-order valence-electron chi connectivity index (χ2n) is 7.85. The molecule has 1 atom stereocenters.